The van der Waals surface area contributed by atoms with Crippen molar-refractivity contribution in [2.45, 2.75) is 0 Å². The van der Waals surface area contributed by atoms with Crippen molar-refractivity contribution >= 4 is 17.2 Å². The summed E-state index contributed by atoms with van der Waals surface area (Å²) < 4.78 is 0. The zero-order chi connectivity index (χ0) is 11.3. The summed E-state index contributed by atoms with van der Waals surface area (Å²) in [6.45, 7) is 4.90. The number of hydrazine groups is 1. The number of rotatable bonds is 4. The van der Waals surface area contributed by atoms with E-state index in [9.17, 15) is 0 Å². The molecular formula is C12H13ClN2. The van der Waals surface area contributed by atoms with Crippen LogP contribution < -0.4 is 5.84 Å². The van der Waals surface area contributed by atoms with Gasteiger partial charge in [0.15, 0.2) is 0 Å². The molecule has 0 aliphatic rings. The minimum absolute atomic E-state index is 0.409. The third-order valence-electron chi connectivity index (χ3n) is 1.94. The molecule has 0 fully saturated rings. The van der Waals surface area contributed by atoms with E-state index in [0.717, 1.165) is 11.1 Å². The maximum atomic E-state index is 5.78. The fourth-order valence-electron chi connectivity index (χ4n) is 1.20. The van der Waals surface area contributed by atoms with Crippen LogP contribution in [0, 0.1) is 12.3 Å². The zero-order valence-corrected chi connectivity index (χ0v) is 9.17. The summed E-state index contributed by atoms with van der Waals surface area (Å²) in [6.07, 6.45) is 5.14. The maximum Gasteiger partial charge on any atom is 0.0741 e. The highest BCUT2D eigenvalue weighted by molar-refractivity contribution is 6.30. The van der Waals surface area contributed by atoms with E-state index in [0.29, 0.717) is 18.1 Å². The van der Waals surface area contributed by atoms with Crippen molar-refractivity contribution in [3.63, 3.8) is 0 Å². The molecule has 0 aliphatic carbocycles. The van der Waals surface area contributed by atoms with Gasteiger partial charge in [-0.3, -0.25) is 5.84 Å². The lowest BCUT2D eigenvalue weighted by Crippen LogP contribution is -2.32. The molecule has 0 aliphatic heterocycles. The second-order valence-electron chi connectivity index (χ2n) is 3.22. The molecule has 1 aromatic rings. The van der Waals surface area contributed by atoms with Crippen molar-refractivity contribution < 1.29 is 0 Å². The standard InChI is InChI=1S/C12H13ClN2/c1-3-8-15(14)9-10(2)11-4-6-12(13)7-5-11/h1,4-7H,2,8-9,14H2. The Morgan fingerprint density at radius 3 is 2.60 bits per heavy atom. The number of terminal acetylenes is 1. The van der Waals surface area contributed by atoms with Gasteiger partial charge in [-0.05, 0) is 23.3 Å². The van der Waals surface area contributed by atoms with E-state index in [1.54, 1.807) is 0 Å². The topological polar surface area (TPSA) is 29.3 Å². The van der Waals surface area contributed by atoms with Crippen LogP contribution in [0.5, 0.6) is 0 Å². The smallest absolute Gasteiger partial charge is 0.0741 e. The summed E-state index contributed by atoms with van der Waals surface area (Å²) in [5, 5.41) is 2.25. The molecule has 0 atom stereocenters. The summed E-state index contributed by atoms with van der Waals surface area (Å²) in [5.74, 6) is 8.13. The van der Waals surface area contributed by atoms with E-state index in [-0.39, 0.29) is 0 Å². The van der Waals surface area contributed by atoms with E-state index >= 15 is 0 Å². The average molecular weight is 221 g/mol. The van der Waals surface area contributed by atoms with Crippen molar-refractivity contribution in [3.05, 3.63) is 41.4 Å². The van der Waals surface area contributed by atoms with Crippen LogP contribution in [0.4, 0.5) is 0 Å². The molecule has 0 spiro atoms. The normalized spacial score (nSPS) is 10.0. The first-order chi connectivity index (χ1) is 7.13. The van der Waals surface area contributed by atoms with Crippen LogP contribution >= 0.6 is 11.6 Å². The molecule has 78 valence electrons. The predicted octanol–water partition coefficient (Wildman–Crippen LogP) is 2.16. The third-order valence-corrected chi connectivity index (χ3v) is 2.19. The Balaban J connectivity index is 2.62. The summed E-state index contributed by atoms with van der Waals surface area (Å²) in [4.78, 5) is 0. The van der Waals surface area contributed by atoms with E-state index in [1.807, 2.05) is 24.3 Å². The molecule has 2 nitrogen and oxygen atoms in total. The molecule has 0 aromatic heterocycles. The fraction of sp³-hybridized carbons (Fsp3) is 0.167. The number of hydrogen-bond acceptors (Lipinski definition) is 2. The van der Waals surface area contributed by atoms with Crippen molar-refractivity contribution in [2.24, 2.45) is 5.84 Å². The van der Waals surface area contributed by atoms with Crippen molar-refractivity contribution in [1.82, 2.24) is 5.01 Å². The minimum Gasteiger partial charge on any atom is -0.268 e. The van der Waals surface area contributed by atoms with Gasteiger partial charge in [0.2, 0.25) is 0 Å². The van der Waals surface area contributed by atoms with E-state index in [1.165, 1.54) is 5.01 Å². The van der Waals surface area contributed by atoms with Crippen LogP contribution in [0.3, 0.4) is 0 Å². The molecule has 0 amide bonds. The summed E-state index contributed by atoms with van der Waals surface area (Å²) in [5.41, 5.74) is 1.94. The second-order valence-corrected chi connectivity index (χ2v) is 3.66. The quantitative estimate of drug-likeness (QED) is 0.479. The Labute approximate surface area is 95.3 Å². The molecule has 0 saturated heterocycles. The highest BCUT2D eigenvalue weighted by Crippen LogP contribution is 2.16. The fourth-order valence-corrected chi connectivity index (χ4v) is 1.32. The van der Waals surface area contributed by atoms with Gasteiger partial charge in [0, 0.05) is 11.6 Å². The molecule has 1 rings (SSSR count). The third kappa shape index (κ3) is 3.77. The second kappa shape index (κ2) is 5.57. The summed E-state index contributed by atoms with van der Waals surface area (Å²) >= 11 is 5.78. The van der Waals surface area contributed by atoms with E-state index < -0.39 is 0 Å². The molecule has 15 heavy (non-hydrogen) atoms. The highest BCUT2D eigenvalue weighted by Gasteiger charge is 2.02. The highest BCUT2D eigenvalue weighted by atomic mass is 35.5. The monoisotopic (exact) mass is 220 g/mol. The largest absolute Gasteiger partial charge is 0.268 e. The lowest BCUT2D eigenvalue weighted by Gasteiger charge is -2.14. The first-order valence-corrected chi connectivity index (χ1v) is 4.88. The SMILES string of the molecule is C#CCN(N)CC(=C)c1ccc(Cl)cc1. The van der Waals surface area contributed by atoms with Crippen LogP contribution in [0.25, 0.3) is 5.57 Å². The van der Waals surface area contributed by atoms with Crippen molar-refractivity contribution in [1.29, 1.82) is 0 Å². The first-order valence-electron chi connectivity index (χ1n) is 4.50. The number of hydrogen-bond donors (Lipinski definition) is 1. The maximum absolute atomic E-state index is 5.78. The van der Waals surface area contributed by atoms with Gasteiger partial charge >= 0.3 is 0 Å². The Morgan fingerprint density at radius 2 is 2.07 bits per heavy atom. The number of nitrogens with zero attached hydrogens (tertiary/aromatic N) is 1. The number of benzene rings is 1. The molecule has 0 saturated carbocycles. The summed E-state index contributed by atoms with van der Waals surface area (Å²) in [7, 11) is 0. The molecule has 3 heteroatoms. The van der Waals surface area contributed by atoms with E-state index in [2.05, 4.69) is 12.5 Å². The van der Waals surface area contributed by atoms with Gasteiger partial charge < -0.3 is 0 Å². The molecule has 0 radical (unpaired) electrons. The Morgan fingerprint density at radius 1 is 1.47 bits per heavy atom. The van der Waals surface area contributed by atoms with Gasteiger partial charge in [-0.1, -0.05) is 36.2 Å². The molecular weight excluding hydrogens is 208 g/mol. The van der Waals surface area contributed by atoms with Gasteiger partial charge in [-0.2, -0.15) is 0 Å². The Kier molecular flexibility index (Phi) is 4.38. The zero-order valence-electron chi connectivity index (χ0n) is 8.41. The van der Waals surface area contributed by atoms with Gasteiger partial charge in [-0.15, -0.1) is 6.42 Å². The lowest BCUT2D eigenvalue weighted by atomic mass is 10.1. The van der Waals surface area contributed by atoms with Gasteiger partial charge in [0.1, 0.15) is 0 Å². The number of nitrogens with two attached hydrogens (primary N) is 1. The lowest BCUT2D eigenvalue weighted by molar-refractivity contribution is 0.362. The summed E-state index contributed by atoms with van der Waals surface area (Å²) in [6, 6.07) is 7.47. The van der Waals surface area contributed by atoms with Gasteiger partial charge in [-0.25, -0.2) is 5.01 Å². The minimum atomic E-state index is 0.409. The molecule has 1 aromatic carbocycles. The average Bonchev–Trinajstić information content (AvgIpc) is 2.18. The van der Waals surface area contributed by atoms with Crippen LogP contribution in [0.2, 0.25) is 5.02 Å². The van der Waals surface area contributed by atoms with Crippen LogP contribution in [0.15, 0.2) is 30.8 Å². The first kappa shape index (κ1) is 11.8. The molecule has 0 bridgehead atoms. The van der Waals surface area contributed by atoms with Crippen LogP contribution in [-0.2, 0) is 0 Å². The van der Waals surface area contributed by atoms with Crippen LogP contribution in [0.1, 0.15) is 5.56 Å². The Bertz CT molecular complexity index is 376. The predicted molar refractivity (Wildman–Crippen MR) is 65.1 cm³/mol. The molecule has 2 N–H and O–H groups in total. The Hall–Kier alpha value is -1.27. The van der Waals surface area contributed by atoms with Crippen LogP contribution in [-0.4, -0.2) is 18.1 Å². The van der Waals surface area contributed by atoms with Crippen molar-refractivity contribution in [2.75, 3.05) is 13.1 Å². The number of halogens is 1. The van der Waals surface area contributed by atoms with Crippen molar-refractivity contribution in [3.8, 4) is 12.3 Å². The molecule has 0 heterocycles. The van der Waals surface area contributed by atoms with Gasteiger partial charge in [0.05, 0.1) is 6.54 Å². The van der Waals surface area contributed by atoms with E-state index in [4.69, 9.17) is 23.9 Å². The molecule has 0 unspecified atom stereocenters. The van der Waals surface area contributed by atoms with Gasteiger partial charge in [0.25, 0.3) is 0 Å².